The van der Waals surface area contributed by atoms with E-state index in [1.807, 2.05) is 0 Å². The molecule has 0 aliphatic heterocycles. The van der Waals surface area contributed by atoms with Crippen LogP contribution in [0.15, 0.2) is 41.8 Å². The molecule has 1 aromatic carbocycles. The Labute approximate surface area is 119 Å². The van der Waals surface area contributed by atoms with Crippen molar-refractivity contribution in [1.82, 2.24) is 14.8 Å². The molecule has 7 nitrogen and oxygen atoms in total. The molecule has 0 spiro atoms. The average Bonchev–Trinajstić information content (AvgIpc) is 2.86. The first kappa shape index (κ1) is 14.7. The Bertz CT molecular complexity index is 697. The maximum absolute atomic E-state index is 11.9. The summed E-state index contributed by atoms with van der Waals surface area (Å²) in [5.74, 6) is -0.149. The Morgan fingerprint density at radius 2 is 2.00 bits per heavy atom. The van der Waals surface area contributed by atoms with E-state index in [0.29, 0.717) is 5.69 Å². The van der Waals surface area contributed by atoms with Gasteiger partial charge in [-0.15, -0.1) is 10.2 Å². The quantitative estimate of drug-likeness (QED) is 0.836. The second kappa shape index (κ2) is 6.14. The second-order valence-corrected chi connectivity index (χ2v) is 7.16. The van der Waals surface area contributed by atoms with E-state index in [-0.39, 0.29) is 17.5 Å². The number of rotatable bonds is 6. The Hall–Kier alpha value is -1.74. The summed E-state index contributed by atoms with van der Waals surface area (Å²) in [5.41, 5.74) is 0.510. The first-order chi connectivity index (χ1) is 9.48. The summed E-state index contributed by atoms with van der Waals surface area (Å²) in [6, 6.07) is 8.63. The van der Waals surface area contributed by atoms with E-state index < -0.39 is 20.8 Å². The summed E-state index contributed by atoms with van der Waals surface area (Å²) in [7, 11) is -4.78. The summed E-state index contributed by atoms with van der Waals surface area (Å²) in [4.78, 5) is 0. The minimum absolute atomic E-state index is 0.143. The van der Waals surface area contributed by atoms with Crippen LogP contribution in [0.5, 0.6) is 0 Å². The minimum Gasteiger partial charge on any atom is -0.306 e. The van der Waals surface area contributed by atoms with Gasteiger partial charge in [0.25, 0.3) is 0 Å². The number of para-hydroxylation sites is 1. The molecule has 2 rings (SSSR count). The highest BCUT2D eigenvalue weighted by atomic mass is 32.2. The van der Waals surface area contributed by atoms with E-state index in [2.05, 4.69) is 14.9 Å². The topological polar surface area (TPSA) is 93.9 Å². The molecule has 1 N–H and O–H groups in total. The second-order valence-electron chi connectivity index (χ2n) is 4.05. The minimum atomic E-state index is -3.48. The van der Waals surface area contributed by atoms with Crippen molar-refractivity contribution in [3.8, 4) is 0 Å². The molecule has 20 heavy (non-hydrogen) atoms. The van der Waals surface area contributed by atoms with Crippen molar-refractivity contribution >= 4 is 26.5 Å². The molecule has 0 fully saturated rings. The third-order valence-corrected chi connectivity index (χ3v) is 4.58. The predicted molar refractivity (Wildman–Crippen MR) is 76.2 cm³/mol. The van der Waals surface area contributed by atoms with E-state index in [9.17, 15) is 12.6 Å². The molecule has 108 valence electrons. The van der Waals surface area contributed by atoms with Crippen molar-refractivity contribution in [2.75, 3.05) is 16.7 Å². The van der Waals surface area contributed by atoms with Crippen LogP contribution in [-0.4, -0.2) is 39.4 Å². The van der Waals surface area contributed by atoms with Gasteiger partial charge in [-0.1, -0.05) is 18.2 Å². The third-order valence-electron chi connectivity index (χ3n) is 2.49. The lowest BCUT2D eigenvalue weighted by atomic mass is 10.3. The SMILES string of the molecule is CS(=O)c1nncn1CCS(=O)(=O)Nc1ccccc1. The Morgan fingerprint density at radius 1 is 1.30 bits per heavy atom. The summed E-state index contributed by atoms with van der Waals surface area (Å²) in [6.07, 6.45) is 2.84. The molecular weight excluding hydrogens is 300 g/mol. The van der Waals surface area contributed by atoms with Crippen molar-refractivity contribution < 1.29 is 12.6 Å². The van der Waals surface area contributed by atoms with Gasteiger partial charge in [-0.25, -0.2) is 8.42 Å². The van der Waals surface area contributed by atoms with E-state index in [0.717, 1.165) is 0 Å². The fourth-order valence-electron chi connectivity index (χ4n) is 1.58. The van der Waals surface area contributed by atoms with Crippen LogP contribution in [-0.2, 0) is 27.4 Å². The molecule has 0 bridgehead atoms. The van der Waals surface area contributed by atoms with Crippen LogP contribution >= 0.6 is 0 Å². The first-order valence-electron chi connectivity index (χ1n) is 5.75. The highest BCUT2D eigenvalue weighted by Gasteiger charge is 2.14. The molecule has 0 aliphatic rings. The van der Waals surface area contributed by atoms with Gasteiger partial charge >= 0.3 is 0 Å². The number of nitrogens with zero attached hydrogens (tertiary/aromatic N) is 3. The largest absolute Gasteiger partial charge is 0.306 e. The van der Waals surface area contributed by atoms with Crippen molar-refractivity contribution in [3.63, 3.8) is 0 Å². The molecule has 0 radical (unpaired) electrons. The van der Waals surface area contributed by atoms with Gasteiger partial charge in [0.15, 0.2) is 0 Å². The number of anilines is 1. The van der Waals surface area contributed by atoms with E-state index in [1.165, 1.54) is 17.2 Å². The summed E-state index contributed by atoms with van der Waals surface area (Å²) >= 11 is 0. The van der Waals surface area contributed by atoms with Crippen molar-refractivity contribution in [2.45, 2.75) is 11.7 Å². The van der Waals surface area contributed by atoms with Crippen LogP contribution in [0.1, 0.15) is 0 Å². The molecule has 0 saturated heterocycles. The zero-order chi connectivity index (χ0) is 14.6. The number of nitrogens with one attached hydrogen (secondary N) is 1. The van der Waals surface area contributed by atoms with E-state index >= 15 is 0 Å². The molecule has 0 aliphatic carbocycles. The molecule has 0 saturated carbocycles. The Balaban J connectivity index is 2.02. The highest BCUT2D eigenvalue weighted by Crippen LogP contribution is 2.09. The van der Waals surface area contributed by atoms with Crippen LogP contribution in [0.3, 0.4) is 0 Å². The Kier molecular flexibility index (Phi) is 4.50. The predicted octanol–water partition coefficient (Wildman–Crippen LogP) is 0.457. The number of benzene rings is 1. The summed E-state index contributed by atoms with van der Waals surface area (Å²) < 4.78 is 39.2. The van der Waals surface area contributed by atoms with Gasteiger partial charge in [-0.05, 0) is 12.1 Å². The maximum Gasteiger partial charge on any atom is 0.234 e. The lowest BCUT2D eigenvalue weighted by molar-refractivity contribution is 0.586. The van der Waals surface area contributed by atoms with Gasteiger partial charge in [-0.3, -0.25) is 8.93 Å². The highest BCUT2D eigenvalue weighted by molar-refractivity contribution is 7.92. The fourth-order valence-corrected chi connectivity index (χ4v) is 3.24. The molecule has 2 aromatic rings. The van der Waals surface area contributed by atoms with Crippen LogP contribution in [0.2, 0.25) is 0 Å². The van der Waals surface area contributed by atoms with Crippen LogP contribution in [0, 0.1) is 0 Å². The molecule has 0 amide bonds. The van der Waals surface area contributed by atoms with Crippen molar-refractivity contribution in [1.29, 1.82) is 0 Å². The lowest BCUT2D eigenvalue weighted by Crippen LogP contribution is -2.21. The fraction of sp³-hybridized carbons (Fsp3) is 0.273. The van der Waals surface area contributed by atoms with Crippen LogP contribution in [0.25, 0.3) is 0 Å². The third kappa shape index (κ3) is 3.87. The molecule has 1 atom stereocenters. The maximum atomic E-state index is 11.9. The zero-order valence-corrected chi connectivity index (χ0v) is 12.4. The lowest BCUT2D eigenvalue weighted by Gasteiger charge is -2.08. The monoisotopic (exact) mass is 314 g/mol. The van der Waals surface area contributed by atoms with Gasteiger partial charge in [0.1, 0.15) is 6.33 Å². The van der Waals surface area contributed by atoms with Crippen molar-refractivity contribution in [2.24, 2.45) is 0 Å². The van der Waals surface area contributed by atoms with Crippen molar-refractivity contribution in [3.05, 3.63) is 36.7 Å². The van der Waals surface area contributed by atoms with Crippen LogP contribution in [0.4, 0.5) is 5.69 Å². The first-order valence-corrected chi connectivity index (χ1v) is 8.96. The van der Waals surface area contributed by atoms with Crippen LogP contribution < -0.4 is 4.72 Å². The molecule has 9 heteroatoms. The smallest absolute Gasteiger partial charge is 0.234 e. The number of hydrogen-bond donors (Lipinski definition) is 1. The molecule has 1 aromatic heterocycles. The van der Waals surface area contributed by atoms with Gasteiger partial charge < -0.3 is 4.57 Å². The van der Waals surface area contributed by atoms with Gasteiger partial charge in [-0.2, -0.15) is 0 Å². The number of aromatic nitrogens is 3. The average molecular weight is 314 g/mol. The summed E-state index contributed by atoms with van der Waals surface area (Å²) in [5, 5.41) is 7.59. The number of sulfonamides is 1. The van der Waals surface area contributed by atoms with Gasteiger partial charge in [0.2, 0.25) is 15.2 Å². The molecular formula is C11H14N4O3S2. The van der Waals surface area contributed by atoms with Gasteiger partial charge in [0.05, 0.1) is 16.6 Å². The molecule has 1 unspecified atom stereocenters. The normalized spacial score (nSPS) is 13.1. The van der Waals surface area contributed by atoms with E-state index in [1.54, 1.807) is 30.3 Å². The number of aryl methyl sites for hydroxylation is 1. The zero-order valence-electron chi connectivity index (χ0n) is 10.8. The Morgan fingerprint density at radius 3 is 2.65 bits per heavy atom. The molecule has 1 heterocycles. The number of hydrogen-bond acceptors (Lipinski definition) is 5. The van der Waals surface area contributed by atoms with Gasteiger partial charge in [0, 0.05) is 18.5 Å². The van der Waals surface area contributed by atoms with E-state index in [4.69, 9.17) is 0 Å². The summed E-state index contributed by atoms with van der Waals surface area (Å²) in [6.45, 7) is 0.143. The standard InChI is InChI=1S/C11H14N4O3S2/c1-19(16)11-13-12-9-15(11)7-8-20(17,18)14-10-5-3-2-4-6-10/h2-6,9,14H,7-8H2,1H3.